The van der Waals surface area contributed by atoms with Crippen LogP contribution in [-0.4, -0.2) is 5.91 Å². The molecule has 3 aromatic rings. The minimum Gasteiger partial charge on any atom is -0.486 e. The normalized spacial score (nSPS) is 11.0. The number of nitriles is 1. The summed E-state index contributed by atoms with van der Waals surface area (Å²) in [5.74, 6) is -0.00923. The summed E-state index contributed by atoms with van der Waals surface area (Å²) in [5.41, 5.74) is 3.32. The lowest BCUT2D eigenvalue weighted by Gasteiger charge is -2.12. The Hall–Kier alpha value is -2.59. The minimum absolute atomic E-state index is 0.0450. The van der Waals surface area contributed by atoms with Gasteiger partial charge in [0, 0.05) is 10.2 Å². The van der Waals surface area contributed by atoms with Crippen molar-refractivity contribution in [1.82, 2.24) is 0 Å². The summed E-state index contributed by atoms with van der Waals surface area (Å²) in [7, 11) is 0. The zero-order valence-corrected chi connectivity index (χ0v) is 20.4. The van der Waals surface area contributed by atoms with Crippen molar-refractivity contribution >= 4 is 61.1 Å². The lowest BCUT2D eigenvalue weighted by atomic mass is 10.1. The van der Waals surface area contributed by atoms with Gasteiger partial charge in [-0.1, -0.05) is 63.4 Å². The van der Waals surface area contributed by atoms with Crippen LogP contribution in [0.25, 0.3) is 6.08 Å². The number of ether oxygens (including phenoxy) is 1. The van der Waals surface area contributed by atoms with Crippen molar-refractivity contribution in [3.63, 3.8) is 0 Å². The molecule has 0 aliphatic carbocycles. The van der Waals surface area contributed by atoms with Crippen molar-refractivity contribution in [3.05, 3.63) is 96.9 Å². The minimum atomic E-state index is -0.507. The predicted molar refractivity (Wildman–Crippen MR) is 131 cm³/mol. The maximum Gasteiger partial charge on any atom is 0.266 e. The fourth-order valence-electron chi connectivity index (χ4n) is 2.84. The van der Waals surface area contributed by atoms with Gasteiger partial charge in [-0.15, -0.1) is 0 Å². The maximum absolute atomic E-state index is 12.5. The Balaban J connectivity index is 1.77. The monoisotopic (exact) mass is 558 g/mol. The molecule has 0 atom stereocenters. The molecular formula is C24H17Br2ClN2O2. The Morgan fingerprint density at radius 1 is 1.16 bits per heavy atom. The van der Waals surface area contributed by atoms with E-state index >= 15 is 0 Å². The standard InChI is InChI=1S/C24H17Br2ClN2O2/c1-15-4-2-5-16(8-15)14-31-23-21(26)10-17(11-22(23)27)9-18(13-28)24(30)29-20-7-3-6-19(25)12-20/h2-12H,14H2,1H3,(H,29,30)/b18-9-. The number of nitrogens with zero attached hydrogens (tertiary/aromatic N) is 1. The molecule has 0 saturated carbocycles. The fourth-order valence-corrected chi connectivity index (χ4v) is 4.23. The van der Waals surface area contributed by atoms with Crippen LogP contribution < -0.4 is 10.1 Å². The molecule has 0 aromatic heterocycles. The average molecular weight is 561 g/mol. The quantitative estimate of drug-likeness (QED) is 0.254. The highest BCUT2D eigenvalue weighted by Gasteiger charge is 2.13. The molecule has 3 aromatic carbocycles. The first-order valence-corrected chi connectivity index (χ1v) is 11.2. The zero-order valence-electron chi connectivity index (χ0n) is 16.5. The molecule has 0 heterocycles. The Bertz CT molecular complexity index is 1180. The van der Waals surface area contributed by atoms with Crippen LogP contribution in [0, 0.1) is 18.3 Å². The third-order valence-corrected chi connectivity index (χ3v) is 5.61. The second-order valence-corrected chi connectivity index (χ2v) is 8.90. The first-order valence-electron chi connectivity index (χ1n) is 9.22. The van der Waals surface area contributed by atoms with Crippen LogP contribution >= 0.6 is 43.5 Å². The van der Waals surface area contributed by atoms with Crippen LogP contribution in [0.15, 0.2) is 75.2 Å². The van der Waals surface area contributed by atoms with Crippen LogP contribution in [0.4, 0.5) is 5.69 Å². The number of halogens is 3. The lowest BCUT2D eigenvalue weighted by molar-refractivity contribution is -0.112. The van der Waals surface area contributed by atoms with E-state index in [-0.39, 0.29) is 5.57 Å². The molecule has 0 bridgehead atoms. The summed E-state index contributed by atoms with van der Waals surface area (Å²) in [6.45, 7) is 2.39. The lowest BCUT2D eigenvalue weighted by Crippen LogP contribution is -2.13. The van der Waals surface area contributed by atoms with Crippen LogP contribution in [0.2, 0.25) is 5.02 Å². The first kappa shape index (κ1) is 23.1. The summed E-state index contributed by atoms with van der Waals surface area (Å²) >= 11 is 13.2. The second kappa shape index (κ2) is 10.6. The largest absolute Gasteiger partial charge is 0.486 e. The molecule has 0 aliphatic heterocycles. The highest BCUT2D eigenvalue weighted by molar-refractivity contribution is 9.10. The van der Waals surface area contributed by atoms with E-state index in [9.17, 15) is 10.1 Å². The number of hydrogen-bond donors (Lipinski definition) is 1. The van der Waals surface area contributed by atoms with Gasteiger partial charge in [-0.25, -0.2) is 0 Å². The predicted octanol–water partition coefficient (Wildman–Crippen LogP) is 7.30. The number of amides is 1. The molecular weight excluding hydrogens is 544 g/mol. The molecule has 1 amide bonds. The fraction of sp³-hybridized carbons (Fsp3) is 0.0833. The molecule has 0 saturated heterocycles. The SMILES string of the molecule is Cc1cccc(COc2c(Cl)cc(/C=C(/C#N)C(=O)Nc3cccc(Br)c3)cc2Br)c1. The number of nitrogens with one attached hydrogen (secondary N) is 1. The summed E-state index contributed by atoms with van der Waals surface area (Å²) in [6, 6.07) is 20.5. The van der Waals surface area contributed by atoms with Crippen LogP contribution in [0.3, 0.4) is 0 Å². The second-order valence-electron chi connectivity index (χ2n) is 6.73. The number of carbonyl (C=O) groups excluding carboxylic acids is 1. The van der Waals surface area contributed by atoms with Crippen molar-refractivity contribution in [2.45, 2.75) is 13.5 Å². The van der Waals surface area contributed by atoms with E-state index < -0.39 is 5.91 Å². The topological polar surface area (TPSA) is 62.1 Å². The summed E-state index contributed by atoms with van der Waals surface area (Å²) in [5, 5.41) is 12.5. The van der Waals surface area contributed by atoms with Gasteiger partial charge in [0.15, 0.2) is 5.75 Å². The van der Waals surface area contributed by atoms with Crippen LogP contribution in [-0.2, 0) is 11.4 Å². The number of benzene rings is 3. The van der Waals surface area contributed by atoms with Gasteiger partial charge >= 0.3 is 0 Å². The molecule has 3 rings (SSSR count). The van der Waals surface area contributed by atoms with Gasteiger partial charge in [0.1, 0.15) is 18.2 Å². The van der Waals surface area contributed by atoms with Gasteiger partial charge in [0.25, 0.3) is 5.91 Å². The van der Waals surface area contributed by atoms with E-state index in [0.717, 1.165) is 15.6 Å². The van der Waals surface area contributed by atoms with Crippen molar-refractivity contribution in [2.75, 3.05) is 5.32 Å². The molecule has 0 radical (unpaired) electrons. The molecule has 0 unspecified atom stereocenters. The number of hydrogen-bond acceptors (Lipinski definition) is 3. The number of anilines is 1. The third kappa shape index (κ3) is 6.44. The smallest absolute Gasteiger partial charge is 0.266 e. The third-order valence-electron chi connectivity index (χ3n) is 4.24. The van der Waals surface area contributed by atoms with Gasteiger partial charge in [0.05, 0.1) is 9.50 Å². The summed E-state index contributed by atoms with van der Waals surface area (Å²) in [6.07, 6.45) is 1.48. The van der Waals surface area contributed by atoms with Gasteiger partial charge in [0.2, 0.25) is 0 Å². The maximum atomic E-state index is 12.5. The summed E-state index contributed by atoms with van der Waals surface area (Å²) < 4.78 is 7.34. The van der Waals surface area contributed by atoms with Crippen LogP contribution in [0.1, 0.15) is 16.7 Å². The van der Waals surface area contributed by atoms with E-state index in [4.69, 9.17) is 16.3 Å². The Kier molecular flexibility index (Phi) is 7.91. The van der Waals surface area contributed by atoms with Gasteiger partial charge in [-0.05, 0) is 70.4 Å². The van der Waals surface area contributed by atoms with E-state index in [0.29, 0.717) is 33.1 Å². The summed E-state index contributed by atoms with van der Waals surface area (Å²) in [4.78, 5) is 12.5. The van der Waals surface area contributed by atoms with E-state index in [1.54, 1.807) is 30.3 Å². The van der Waals surface area contributed by atoms with Crippen LogP contribution in [0.5, 0.6) is 5.75 Å². The van der Waals surface area contributed by atoms with Crippen molar-refractivity contribution in [1.29, 1.82) is 5.26 Å². The molecule has 0 aliphatic rings. The average Bonchev–Trinajstić information content (AvgIpc) is 2.71. The Morgan fingerprint density at radius 3 is 2.61 bits per heavy atom. The Morgan fingerprint density at radius 2 is 1.94 bits per heavy atom. The van der Waals surface area contributed by atoms with Crippen molar-refractivity contribution in [3.8, 4) is 11.8 Å². The first-order chi connectivity index (χ1) is 14.9. The highest BCUT2D eigenvalue weighted by Crippen LogP contribution is 2.35. The van der Waals surface area contributed by atoms with Gasteiger partial charge < -0.3 is 10.1 Å². The van der Waals surface area contributed by atoms with Crippen molar-refractivity contribution in [2.24, 2.45) is 0 Å². The molecule has 1 N–H and O–H groups in total. The van der Waals surface area contributed by atoms with E-state index in [1.165, 1.54) is 6.08 Å². The Labute approximate surface area is 202 Å². The van der Waals surface area contributed by atoms with E-state index in [2.05, 4.69) is 37.2 Å². The van der Waals surface area contributed by atoms with Gasteiger partial charge in [-0.3, -0.25) is 4.79 Å². The molecule has 31 heavy (non-hydrogen) atoms. The molecule has 0 fully saturated rings. The number of rotatable bonds is 6. The van der Waals surface area contributed by atoms with E-state index in [1.807, 2.05) is 43.3 Å². The number of carbonyl (C=O) groups is 1. The molecule has 7 heteroatoms. The highest BCUT2D eigenvalue weighted by atomic mass is 79.9. The van der Waals surface area contributed by atoms with Gasteiger partial charge in [-0.2, -0.15) is 5.26 Å². The molecule has 4 nitrogen and oxygen atoms in total. The number of aryl methyl sites for hydroxylation is 1. The molecule has 0 spiro atoms. The molecule has 156 valence electrons. The van der Waals surface area contributed by atoms with Crippen molar-refractivity contribution < 1.29 is 9.53 Å². The zero-order chi connectivity index (χ0) is 22.4.